The van der Waals surface area contributed by atoms with Crippen LogP contribution >= 0.6 is 0 Å². The fraction of sp³-hybridized carbons (Fsp3) is 0.667. The van der Waals surface area contributed by atoms with Crippen molar-refractivity contribution in [3.8, 4) is 17.6 Å². The minimum atomic E-state index is -0.755. The Kier molecular flexibility index (Phi) is 7.74. The van der Waals surface area contributed by atoms with Gasteiger partial charge in [0.2, 0.25) is 0 Å². The molecule has 0 N–H and O–H groups in total. The number of fused-ring (bicyclic) bond motifs is 1. The van der Waals surface area contributed by atoms with Crippen LogP contribution in [0.15, 0.2) is 24.3 Å². The summed E-state index contributed by atoms with van der Waals surface area (Å²) in [6, 6.07) is 10.2. The number of benzene rings is 1. The largest absolute Gasteiger partial charge is 0.449 e. The summed E-state index contributed by atoms with van der Waals surface area (Å²) in [7, 11) is 0. The third-order valence-electron chi connectivity index (χ3n) is 5.16. The first-order valence-corrected chi connectivity index (χ1v) is 9.71. The van der Waals surface area contributed by atoms with Crippen LogP contribution in [-0.4, -0.2) is 25.8 Å². The van der Waals surface area contributed by atoms with Gasteiger partial charge in [0.25, 0.3) is 6.29 Å². The van der Waals surface area contributed by atoms with Gasteiger partial charge in [-0.15, -0.1) is 0 Å². The van der Waals surface area contributed by atoms with E-state index < -0.39 is 11.7 Å². The quantitative estimate of drug-likeness (QED) is 0.524. The molecule has 5 heteroatoms. The van der Waals surface area contributed by atoms with Crippen molar-refractivity contribution in [2.45, 2.75) is 66.0 Å². The summed E-state index contributed by atoms with van der Waals surface area (Å²) < 4.78 is 23.5. The van der Waals surface area contributed by atoms with Crippen LogP contribution in [0.2, 0.25) is 0 Å². The van der Waals surface area contributed by atoms with Crippen LogP contribution in [0.5, 0.6) is 11.5 Å². The molecule has 0 aromatic heterocycles. The van der Waals surface area contributed by atoms with Gasteiger partial charge in [-0.05, 0) is 38.3 Å². The molecule has 0 aliphatic carbocycles. The number of nitrogens with zero attached hydrogens (tertiary/aromatic N) is 1. The lowest BCUT2D eigenvalue weighted by molar-refractivity contribution is -0.151. The second kappa shape index (κ2) is 9.80. The summed E-state index contributed by atoms with van der Waals surface area (Å²) in [5.41, 5.74) is -0.755. The first kappa shape index (κ1) is 20.5. The van der Waals surface area contributed by atoms with Crippen molar-refractivity contribution in [2.75, 3.05) is 13.2 Å². The van der Waals surface area contributed by atoms with Crippen molar-refractivity contribution in [3.05, 3.63) is 24.3 Å². The Labute approximate surface area is 157 Å². The maximum absolute atomic E-state index is 10.2. The second-order valence-electron chi connectivity index (χ2n) is 6.56. The summed E-state index contributed by atoms with van der Waals surface area (Å²) in [4.78, 5) is 0. The molecule has 0 spiro atoms. The van der Waals surface area contributed by atoms with Crippen LogP contribution in [0.25, 0.3) is 0 Å². The van der Waals surface area contributed by atoms with E-state index in [9.17, 15) is 5.26 Å². The fourth-order valence-electron chi connectivity index (χ4n) is 3.78. The number of ether oxygens (including phenoxy) is 4. The van der Waals surface area contributed by atoms with E-state index in [1.807, 2.05) is 38.1 Å². The van der Waals surface area contributed by atoms with Gasteiger partial charge in [0.05, 0.1) is 6.07 Å². The van der Waals surface area contributed by atoms with E-state index in [-0.39, 0.29) is 12.2 Å². The molecule has 0 saturated heterocycles. The predicted molar refractivity (Wildman–Crippen MR) is 99.9 cm³/mol. The molecular weight excluding hydrogens is 330 g/mol. The SMILES string of the molecule is CCOC(CCC(C#N)(C(CC)CC)C1Oc2ccccc2O1)OCC. The van der Waals surface area contributed by atoms with Gasteiger partial charge in [-0.3, -0.25) is 0 Å². The molecule has 0 saturated carbocycles. The monoisotopic (exact) mass is 361 g/mol. The van der Waals surface area contributed by atoms with Gasteiger partial charge in [-0.1, -0.05) is 38.8 Å². The minimum absolute atomic E-state index is 0.163. The van der Waals surface area contributed by atoms with Crippen molar-refractivity contribution in [2.24, 2.45) is 11.3 Å². The van der Waals surface area contributed by atoms with Crippen LogP contribution in [0.3, 0.4) is 0 Å². The summed E-state index contributed by atoms with van der Waals surface area (Å²) >= 11 is 0. The molecule has 0 radical (unpaired) electrons. The smallest absolute Gasteiger partial charge is 0.260 e. The molecule has 26 heavy (non-hydrogen) atoms. The summed E-state index contributed by atoms with van der Waals surface area (Å²) in [6.07, 6.45) is 2.08. The Hall–Kier alpha value is -1.77. The topological polar surface area (TPSA) is 60.7 Å². The molecule has 1 atom stereocenters. The Morgan fingerprint density at radius 3 is 2.00 bits per heavy atom. The second-order valence-corrected chi connectivity index (χ2v) is 6.56. The molecular formula is C21H31NO4. The number of hydrogen-bond acceptors (Lipinski definition) is 5. The molecule has 5 nitrogen and oxygen atoms in total. The van der Waals surface area contributed by atoms with E-state index in [1.165, 1.54) is 0 Å². The molecule has 0 fully saturated rings. The van der Waals surface area contributed by atoms with Crippen LogP contribution in [0.4, 0.5) is 0 Å². The Bertz CT molecular complexity index is 565. The molecule has 144 valence electrons. The first-order chi connectivity index (χ1) is 12.6. The Morgan fingerprint density at radius 2 is 1.58 bits per heavy atom. The standard InChI is InChI=1S/C21H31NO4/c1-5-16(6-2)21(15-22,14-13-19(23-7-3)24-8-4)20-25-17-11-9-10-12-18(17)26-20/h9-12,16,19-20H,5-8,13-14H2,1-4H3. The number of nitriles is 1. The summed E-state index contributed by atoms with van der Waals surface area (Å²) in [6.45, 7) is 9.29. The van der Waals surface area contributed by atoms with E-state index in [0.29, 0.717) is 37.6 Å². The highest BCUT2D eigenvalue weighted by Gasteiger charge is 2.50. The highest BCUT2D eigenvalue weighted by molar-refractivity contribution is 5.42. The van der Waals surface area contributed by atoms with Crippen molar-refractivity contribution in [1.29, 1.82) is 5.26 Å². The van der Waals surface area contributed by atoms with E-state index in [0.717, 1.165) is 12.8 Å². The summed E-state index contributed by atoms with van der Waals surface area (Å²) in [5.74, 6) is 1.57. The van der Waals surface area contributed by atoms with Gasteiger partial charge < -0.3 is 18.9 Å². The van der Waals surface area contributed by atoms with E-state index in [2.05, 4.69) is 19.9 Å². The van der Waals surface area contributed by atoms with Crippen molar-refractivity contribution < 1.29 is 18.9 Å². The number of rotatable bonds is 11. The third-order valence-corrected chi connectivity index (χ3v) is 5.16. The molecule has 1 aliphatic heterocycles. The van der Waals surface area contributed by atoms with Gasteiger partial charge >= 0.3 is 0 Å². The van der Waals surface area contributed by atoms with Crippen LogP contribution < -0.4 is 9.47 Å². The lowest BCUT2D eigenvalue weighted by Gasteiger charge is -2.37. The first-order valence-electron chi connectivity index (χ1n) is 9.71. The number of para-hydroxylation sites is 2. The average molecular weight is 361 g/mol. The summed E-state index contributed by atoms with van der Waals surface area (Å²) in [5, 5.41) is 10.2. The molecule has 2 rings (SSSR count). The van der Waals surface area contributed by atoms with Gasteiger partial charge in [0, 0.05) is 19.6 Å². The minimum Gasteiger partial charge on any atom is -0.449 e. The molecule has 1 aromatic carbocycles. The predicted octanol–water partition coefficient (Wildman–Crippen LogP) is 4.91. The van der Waals surface area contributed by atoms with Gasteiger partial charge in [0.15, 0.2) is 17.8 Å². The van der Waals surface area contributed by atoms with Crippen molar-refractivity contribution in [1.82, 2.24) is 0 Å². The van der Waals surface area contributed by atoms with Crippen molar-refractivity contribution >= 4 is 0 Å². The molecule has 0 bridgehead atoms. The zero-order valence-electron chi connectivity index (χ0n) is 16.4. The van der Waals surface area contributed by atoms with E-state index in [4.69, 9.17) is 18.9 Å². The normalized spacial score (nSPS) is 16.0. The Balaban J connectivity index is 2.24. The molecule has 1 aromatic rings. The van der Waals surface area contributed by atoms with Crippen LogP contribution in [0.1, 0.15) is 53.4 Å². The zero-order chi connectivity index (χ0) is 19.0. The highest BCUT2D eigenvalue weighted by atomic mass is 16.7. The third kappa shape index (κ3) is 4.31. The lowest BCUT2D eigenvalue weighted by Crippen LogP contribution is -2.46. The van der Waals surface area contributed by atoms with Crippen LogP contribution in [-0.2, 0) is 9.47 Å². The van der Waals surface area contributed by atoms with Gasteiger partial charge in [0.1, 0.15) is 5.41 Å². The van der Waals surface area contributed by atoms with Gasteiger partial charge in [-0.2, -0.15) is 5.26 Å². The number of hydrogen-bond donors (Lipinski definition) is 0. The average Bonchev–Trinajstić information content (AvgIpc) is 3.10. The van der Waals surface area contributed by atoms with E-state index in [1.54, 1.807) is 0 Å². The fourth-order valence-corrected chi connectivity index (χ4v) is 3.78. The lowest BCUT2D eigenvalue weighted by atomic mass is 9.70. The molecule has 1 aliphatic rings. The van der Waals surface area contributed by atoms with Gasteiger partial charge in [-0.25, -0.2) is 0 Å². The van der Waals surface area contributed by atoms with Crippen LogP contribution in [0, 0.1) is 22.7 Å². The molecule has 0 amide bonds. The highest BCUT2D eigenvalue weighted by Crippen LogP contribution is 2.47. The zero-order valence-corrected chi connectivity index (χ0v) is 16.4. The van der Waals surface area contributed by atoms with Crippen molar-refractivity contribution in [3.63, 3.8) is 0 Å². The molecule has 1 unspecified atom stereocenters. The Morgan fingerprint density at radius 1 is 1.04 bits per heavy atom. The molecule has 1 heterocycles. The maximum atomic E-state index is 10.2. The van der Waals surface area contributed by atoms with E-state index >= 15 is 0 Å². The maximum Gasteiger partial charge on any atom is 0.260 e.